The van der Waals surface area contributed by atoms with E-state index in [9.17, 15) is 8.42 Å². The summed E-state index contributed by atoms with van der Waals surface area (Å²) in [5, 5.41) is 7.45. The predicted octanol–water partition coefficient (Wildman–Crippen LogP) is 0.831. The number of anilines is 2. The zero-order valence-corrected chi connectivity index (χ0v) is 13.0. The Morgan fingerprint density at radius 3 is 2.62 bits per heavy atom. The molecular formula is C13H19N5O2S. The molecule has 0 spiro atoms. The highest BCUT2D eigenvalue weighted by molar-refractivity contribution is 7.89. The predicted molar refractivity (Wildman–Crippen MR) is 82.4 cm³/mol. The third-order valence-electron chi connectivity index (χ3n) is 3.19. The van der Waals surface area contributed by atoms with Gasteiger partial charge in [-0.2, -0.15) is 5.10 Å². The number of hydrogen-bond acceptors (Lipinski definition) is 5. The number of nitrogens with two attached hydrogens (primary N) is 1. The first-order chi connectivity index (χ1) is 9.83. The van der Waals surface area contributed by atoms with Crippen LogP contribution in [0.3, 0.4) is 0 Å². The number of hydrogen-bond donors (Lipinski definition) is 3. The number of nitrogens with one attached hydrogen (secondary N) is 2. The molecule has 1 heterocycles. The fourth-order valence-corrected chi connectivity index (χ4v) is 2.76. The molecule has 21 heavy (non-hydrogen) atoms. The molecule has 0 aliphatic heterocycles. The lowest BCUT2D eigenvalue weighted by molar-refractivity contribution is 0.588. The summed E-state index contributed by atoms with van der Waals surface area (Å²) in [6.45, 7) is 2.50. The van der Waals surface area contributed by atoms with E-state index in [2.05, 4.69) is 15.1 Å². The first-order valence-corrected chi connectivity index (χ1v) is 7.88. The number of rotatable bonds is 5. The minimum atomic E-state index is -3.48. The van der Waals surface area contributed by atoms with Gasteiger partial charge in [-0.15, -0.1) is 0 Å². The Labute approximate surface area is 124 Å². The summed E-state index contributed by atoms with van der Waals surface area (Å²) < 4.78 is 27.4. The molecule has 7 nitrogen and oxygen atoms in total. The normalized spacial score (nSPS) is 11.6. The van der Waals surface area contributed by atoms with Gasteiger partial charge in [0.25, 0.3) is 0 Å². The minimum absolute atomic E-state index is 0.144. The molecule has 1 aromatic carbocycles. The van der Waals surface area contributed by atoms with Crippen LogP contribution in [-0.4, -0.2) is 25.2 Å². The van der Waals surface area contributed by atoms with Gasteiger partial charge in [0, 0.05) is 25.4 Å². The summed E-state index contributed by atoms with van der Waals surface area (Å²) in [5.74, 6) is 0. The highest BCUT2D eigenvalue weighted by Gasteiger charge is 2.13. The van der Waals surface area contributed by atoms with Crippen LogP contribution in [0.15, 0.2) is 29.3 Å². The van der Waals surface area contributed by atoms with Crippen LogP contribution in [0.2, 0.25) is 0 Å². The van der Waals surface area contributed by atoms with Crippen LogP contribution in [0.5, 0.6) is 0 Å². The monoisotopic (exact) mass is 309 g/mol. The number of nitrogens with zero attached hydrogens (tertiary/aromatic N) is 2. The van der Waals surface area contributed by atoms with Crippen molar-refractivity contribution in [3.63, 3.8) is 0 Å². The highest BCUT2D eigenvalue weighted by Crippen LogP contribution is 2.23. The van der Waals surface area contributed by atoms with Crippen molar-refractivity contribution in [3.05, 3.63) is 35.7 Å². The van der Waals surface area contributed by atoms with Gasteiger partial charge in [-0.3, -0.25) is 4.68 Å². The van der Waals surface area contributed by atoms with E-state index in [1.807, 2.05) is 20.2 Å². The molecule has 0 fully saturated rings. The zero-order chi connectivity index (χ0) is 15.6. The fourth-order valence-electron chi connectivity index (χ4n) is 2.00. The lowest BCUT2D eigenvalue weighted by atomic mass is 10.2. The second-order valence-electron chi connectivity index (χ2n) is 4.72. The molecule has 0 aliphatic rings. The van der Waals surface area contributed by atoms with Crippen molar-refractivity contribution in [2.45, 2.75) is 18.4 Å². The minimum Gasteiger partial charge on any atom is -0.397 e. The lowest BCUT2D eigenvalue weighted by Crippen LogP contribution is -2.18. The molecule has 1 aromatic heterocycles. The molecule has 0 radical (unpaired) electrons. The van der Waals surface area contributed by atoms with E-state index in [4.69, 9.17) is 5.73 Å². The van der Waals surface area contributed by atoms with E-state index in [0.29, 0.717) is 17.9 Å². The fraction of sp³-hybridized carbons (Fsp3) is 0.308. The number of nitrogen functional groups attached to an aromatic ring is 1. The van der Waals surface area contributed by atoms with Gasteiger partial charge in [0.1, 0.15) is 0 Å². The van der Waals surface area contributed by atoms with Gasteiger partial charge in [-0.1, -0.05) is 0 Å². The van der Waals surface area contributed by atoms with E-state index >= 15 is 0 Å². The van der Waals surface area contributed by atoms with Crippen LogP contribution in [0.25, 0.3) is 0 Å². The van der Waals surface area contributed by atoms with Crippen molar-refractivity contribution in [1.82, 2.24) is 14.5 Å². The van der Waals surface area contributed by atoms with Crippen molar-refractivity contribution in [1.29, 1.82) is 0 Å². The quantitative estimate of drug-likeness (QED) is 0.710. The number of aromatic nitrogens is 2. The van der Waals surface area contributed by atoms with E-state index < -0.39 is 10.0 Å². The van der Waals surface area contributed by atoms with Gasteiger partial charge in [-0.25, -0.2) is 13.1 Å². The van der Waals surface area contributed by atoms with Crippen molar-refractivity contribution in [2.75, 3.05) is 18.1 Å². The molecule has 114 valence electrons. The Hall–Kier alpha value is -2.06. The zero-order valence-electron chi connectivity index (χ0n) is 12.2. The van der Waals surface area contributed by atoms with E-state index in [-0.39, 0.29) is 4.90 Å². The summed E-state index contributed by atoms with van der Waals surface area (Å²) in [6.07, 6.45) is 1.93. The molecule has 4 N–H and O–H groups in total. The van der Waals surface area contributed by atoms with Crippen LogP contribution >= 0.6 is 0 Å². The Morgan fingerprint density at radius 1 is 1.38 bits per heavy atom. The van der Waals surface area contributed by atoms with Crippen LogP contribution in [0, 0.1) is 6.92 Å². The SMILES string of the molecule is CNS(=O)(=O)c1ccc(NCc2cn(C)nc2C)c(N)c1. The third-order valence-corrected chi connectivity index (χ3v) is 4.60. The summed E-state index contributed by atoms with van der Waals surface area (Å²) in [7, 11) is -0.252. The van der Waals surface area contributed by atoms with E-state index in [1.54, 1.807) is 10.7 Å². The van der Waals surface area contributed by atoms with Crippen molar-refractivity contribution < 1.29 is 8.42 Å². The molecule has 0 amide bonds. The summed E-state index contributed by atoms with van der Waals surface area (Å²) in [5.41, 5.74) is 8.98. The average molecular weight is 309 g/mol. The van der Waals surface area contributed by atoms with E-state index in [0.717, 1.165) is 11.3 Å². The van der Waals surface area contributed by atoms with Gasteiger partial charge in [0.2, 0.25) is 10.0 Å². The summed E-state index contributed by atoms with van der Waals surface area (Å²) >= 11 is 0. The Kier molecular flexibility index (Phi) is 4.19. The largest absolute Gasteiger partial charge is 0.397 e. The second-order valence-corrected chi connectivity index (χ2v) is 6.61. The molecule has 2 aromatic rings. The molecule has 0 saturated carbocycles. The van der Waals surface area contributed by atoms with Crippen LogP contribution < -0.4 is 15.8 Å². The van der Waals surface area contributed by atoms with Gasteiger partial charge in [0.05, 0.1) is 22.0 Å². The van der Waals surface area contributed by atoms with Gasteiger partial charge in [0.15, 0.2) is 0 Å². The molecule has 2 rings (SSSR count). The maximum atomic E-state index is 11.7. The van der Waals surface area contributed by atoms with Crippen LogP contribution in [0.1, 0.15) is 11.3 Å². The topological polar surface area (TPSA) is 102 Å². The maximum absolute atomic E-state index is 11.7. The van der Waals surface area contributed by atoms with E-state index in [1.165, 1.54) is 19.2 Å². The third kappa shape index (κ3) is 3.34. The average Bonchev–Trinajstić information content (AvgIpc) is 2.75. The smallest absolute Gasteiger partial charge is 0.240 e. The molecule has 0 saturated heterocycles. The maximum Gasteiger partial charge on any atom is 0.240 e. The summed E-state index contributed by atoms with van der Waals surface area (Å²) in [4.78, 5) is 0.144. The van der Waals surface area contributed by atoms with Gasteiger partial charge >= 0.3 is 0 Å². The van der Waals surface area contributed by atoms with Gasteiger partial charge in [-0.05, 0) is 32.2 Å². The van der Waals surface area contributed by atoms with Gasteiger partial charge < -0.3 is 11.1 Å². The first-order valence-electron chi connectivity index (χ1n) is 6.39. The Bertz CT molecular complexity index is 752. The highest BCUT2D eigenvalue weighted by atomic mass is 32.2. The standard InChI is InChI=1S/C13H19N5O2S/c1-9-10(8-18(3)17-9)7-16-13-5-4-11(6-12(13)14)21(19,20)15-2/h4-6,8,15-16H,7,14H2,1-3H3. The molecule has 0 atom stereocenters. The first kappa shape index (κ1) is 15.3. The molecule has 0 unspecified atom stereocenters. The number of sulfonamides is 1. The van der Waals surface area contributed by atoms with Crippen molar-refractivity contribution in [2.24, 2.45) is 7.05 Å². The Balaban J connectivity index is 2.17. The lowest BCUT2D eigenvalue weighted by Gasteiger charge is -2.10. The van der Waals surface area contributed by atoms with Crippen molar-refractivity contribution in [3.8, 4) is 0 Å². The number of aryl methyl sites for hydroxylation is 2. The summed E-state index contributed by atoms with van der Waals surface area (Å²) in [6, 6.07) is 4.61. The Morgan fingerprint density at radius 2 is 2.10 bits per heavy atom. The van der Waals surface area contributed by atoms with Crippen LogP contribution in [0.4, 0.5) is 11.4 Å². The van der Waals surface area contributed by atoms with Crippen LogP contribution in [-0.2, 0) is 23.6 Å². The van der Waals surface area contributed by atoms with Crippen molar-refractivity contribution >= 4 is 21.4 Å². The molecule has 0 bridgehead atoms. The molecule has 8 heteroatoms. The number of benzene rings is 1. The molecular weight excluding hydrogens is 290 g/mol. The second kappa shape index (κ2) is 5.74. The molecule has 0 aliphatic carbocycles.